The van der Waals surface area contributed by atoms with Crippen LogP contribution >= 0.6 is 0 Å². The van der Waals surface area contributed by atoms with E-state index in [2.05, 4.69) is 9.71 Å². The molecule has 1 heterocycles. The van der Waals surface area contributed by atoms with Gasteiger partial charge in [0, 0.05) is 18.9 Å². The molecule has 0 amide bonds. The third-order valence-corrected chi connectivity index (χ3v) is 4.70. The fourth-order valence-corrected chi connectivity index (χ4v) is 3.36. The van der Waals surface area contributed by atoms with Gasteiger partial charge in [0.25, 0.3) is 0 Å². The zero-order valence-electron chi connectivity index (χ0n) is 11.4. The van der Waals surface area contributed by atoms with Crippen LogP contribution in [0.2, 0.25) is 0 Å². The van der Waals surface area contributed by atoms with Gasteiger partial charge in [0.1, 0.15) is 4.90 Å². The number of anilines is 1. The van der Waals surface area contributed by atoms with E-state index in [9.17, 15) is 8.42 Å². The Bertz CT molecular complexity index is 713. The Morgan fingerprint density at radius 3 is 2.35 bits per heavy atom. The predicted molar refractivity (Wildman–Crippen MR) is 78.6 cm³/mol. The first-order chi connectivity index (χ1) is 9.42. The number of nitrogen functional groups attached to an aromatic ring is 1. The topological polar surface area (TPSA) is 85.1 Å². The second-order valence-electron chi connectivity index (χ2n) is 4.62. The molecule has 6 heteroatoms. The summed E-state index contributed by atoms with van der Waals surface area (Å²) in [6.07, 6.45) is 3.24. The standard InChI is InChI=1S/C14H17N3O2S/c1-10-3-4-11(2)14(13(10)15)20(18,19)17-9-12-5-7-16-8-6-12/h3-8,17H,9,15H2,1-2H3. The fraction of sp³-hybridized carbons (Fsp3) is 0.214. The summed E-state index contributed by atoms with van der Waals surface area (Å²) in [7, 11) is -3.64. The number of aromatic nitrogens is 1. The second-order valence-corrected chi connectivity index (χ2v) is 6.33. The van der Waals surface area contributed by atoms with Gasteiger partial charge in [-0.3, -0.25) is 4.98 Å². The molecule has 0 saturated heterocycles. The van der Waals surface area contributed by atoms with Gasteiger partial charge in [0.2, 0.25) is 10.0 Å². The van der Waals surface area contributed by atoms with Gasteiger partial charge >= 0.3 is 0 Å². The molecule has 0 atom stereocenters. The molecule has 0 spiro atoms. The van der Waals surface area contributed by atoms with Crippen molar-refractivity contribution in [3.63, 3.8) is 0 Å². The van der Waals surface area contributed by atoms with Crippen molar-refractivity contribution in [2.75, 3.05) is 5.73 Å². The average Bonchev–Trinajstić information content (AvgIpc) is 2.42. The van der Waals surface area contributed by atoms with Crippen LogP contribution in [-0.2, 0) is 16.6 Å². The van der Waals surface area contributed by atoms with Crippen molar-refractivity contribution in [1.82, 2.24) is 9.71 Å². The van der Waals surface area contributed by atoms with Crippen LogP contribution in [0.15, 0.2) is 41.6 Å². The first-order valence-electron chi connectivity index (χ1n) is 6.16. The molecule has 0 bridgehead atoms. The molecule has 0 aliphatic heterocycles. The molecular weight excluding hydrogens is 274 g/mol. The predicted octanol–water partition coefficient (Wildman–Crippen LogP) is 1.76. The van der Waals surface area contributed by atoms with Crippen LogP contribution < -0.4 is 10.5 Å². The van der Waals surface area contributed by atoms with Crippen LogP contribution in [0.25, 0.3) is 0 Å². The Kier molecular flexibility index (Phi) is 4.06. The number of nitrogens with zero attached hydrogens (tertiary/aromatic N) is 1. The second kappa shape index (κ2) is 5.60. The van der Waals surface area contributed by atoms with E-state index >= 15 is 0 Å². The number of nitrogens with one attached hydrogen (secondary N) is 1. The molecule has 3 N–H and O–H groups in total. The summed E-state index contributed by atoms with van der Waals surface area (Å²) in [6, 6.07) is 7.09. The minimum Gasteiger partial charge on any atom is -0.397 e. The SMILES string of the molecule is Cc1ccc(C)c(S(=O)(=O)NCc2ccncc2)c1N. The molecule has 1 aromatic carbocycles. The Labute approximate surface area is 118 Å². The molecule has 5 nitrogen and oxygen atoms in total. The van der Waals surface area contributed by atoms with Crippen molar-refractivity contribution < 1.29 is 8.42 Å². The third kappa shape index (κ3) is 2.97. The van der Waals surface area contributed by atoms with Crippen LogP contribution in [-0.4, -0.2) is 13.4 Å². The highest BCUT2D eigenvalue weighted by Gasteiger charge is 2.20. The van der Waals surface area contributed by atoms with Gasteiger partial charge in [-0.15, -0.1) is 0 Å². The number of hydrogen-bond acceptors (Lipinski definition) is 4. The smallest absolute Gasteiger partial charge is 0.243 e. The monoisotopic (exact) mass is 291 g/mol. The minimum absolute atomic E-state index is 0.159. The van der Waals surface area contributed by atoms with Gasteiger partial charge in [-0.25, -0.2) is 13.1 Å². The molecule has 20 heavy (non-hydrogen) atoms. The van der Waals surface area contributed by atoms with E-state index < -0.39 is 10.0 Å². The lowest BCUT2D eigenvalue weighted by molar-refractivity contribution is 0.581. The van der Waals surface area contributed by atoms with Crippen LogP contribution in [0, 0.1) is 13.8 Å². The largest absolute Gasteiger partial charge is 0.397 e. The Balaban J connectivity index is 2.30. The lowest BCUT2D eigenvalue weighted by Crippen LogP contribution is -2.25. The Hall–Kier alpha value is -1.92. The summed E-state index contributed by atoms with van der Waals surface area (Å²) >= 11 is 0. The summed E-state index contributed by atoms with van der Waals surface area (Å²) in [5, 5.41) is 0. The van der Waals surface area contributed by atoms with Crippen LogP contribution in [0.4, 0.5) is 5.69 Å². The van der Waals surface area contributed by atoms with Crippen molar-refractivity contribution in [2.45, 2.75) is 25.3 Å². The molecule has 2 aromatic rings. The molecule has 0 aliphatic carbocycles. The van der Waals surface area contributed by atoms with E-state index in [4.69, 9.17) is 5.73 Å². The van der Waals surface area contributed by atoms with Crippen LogP contribution in [0.3, 0.4) is 0 Å². The van der Waals surface area contributed by atoms with E-state index in [1.54, 1.807) is 44.4 Å². The summed E-state index contributed by atoms with van der Waals surface area (Å²) in [4.78, 5) is 4.05. The van der Waals surface area contributed by atoms with Gasteiger partial charge in [0.05, 0.1) is 5.69 Å². The number of hydrogen-bond donors (Lipinski definition) is 2. The number of aryl methyl sites for hydroxylation is 2. The highest BCUT2D eigenvalue weighted by Crippen LogP contribution is 2.25. The zero-order valence-corrected chi connectivity index (χ0v) is 12.2. The van der Waals surface area contributed by atoms with Crippen molar-refractivity contribution in [3.05, 3.63) is 53.3 Å². The summed E-state index contributed by atoms with van der Waals surface area (Å²) in [5.41, 5.74) is 8.43. The normalized spacial score (nSPS) is 11.5. The average molecular weight is 291 g/mol. The van der Waals surface area contributed by atoms with E-state index in [0.29, 0.717) is 11.3 Å². The Morgan fingerprint density at radius 2 is 1.70 bits per heavy atom. The molecule has 1 aromatic heterocycles. The lowest BCUT2D eigenvalue weighted by Gasteiger charge is -2.13. The molecule has 0 aliphatic rings. The zero-order chi connectivity index (χ0) is 14.8. The van der Waals surface area contributed by atoms with Gasteiger partial charge in [-0.1, -0.05) is 12.1 Å². The van der Waals surface area contributed by atoms with Crippen molar-refractivity contribution >= 4 is 15.7 Å². The lowest BCUT2D eigenvalue weighted by atomic mass is 10.1. The molecule has 0 unspecified atom stereocenters. The quantitative estimate of drug-likeness (QED) is 0.841. The first-order valence-corrected chi connectivity index (χ1v) is 7.64. The number of sulfonamides is 1. The Morgan fingerprint density at radius 1 is 1.10 bits per heavy atom. The van der Waals surface area contributed by atoms with Gasteiger partial charge < -0.3 is 5.73 Å². The van der Waals surface area contributed by atoms with Gasteiger partial charge in [-0.05, 0) is 42.7 Å². The number of rotatable bonds is 4. The van der Waals surface area contributed by atoms with Crippen LogP contribution in [0.5, 0.6) is 0 Å². The van der Waals surface area contributed by atoms with E-state index in [1.807, 2.05) is 6.07 Å². The van der Waals surface area contributed by atoms with Gasteiger partial charge in [0.15, 0.2) is 0 Å². The molecule has 0 fully saturated rings. The van der Waals surface area contributed by atoms with Gasteiger partial charge in [-0.2, -0.15) is 0 Å². The first kappa shape index (κ1) is 14.5. The van der Waals surface area contributed by atoms with Crippen molar-refractivity contribution in [2.24, 2.45) is 0 Å². The maximum atomic E-state index is 12.4. The van der Waals surface area contributed by atoms with E-state index in [-0.39, 0.29) is 11.4 Å². The van der Waals surface area contributed by atoms with Crippen LogP contribution in [0.1, 0.15) is 16.7 Å². The molecule has 2 rings (SSSR count). The molecule has 0 radical (unpaired) electrons. The highest BCUT2D eigenvalue weighted by atomic mass is 32.2. The third-order valence-electron chi connectivity index (χ3n) is 3.10. The highest BCUT2D eigenvalue weighted by molar-refractivity contribution is 7.89. The summed E-state index contributed by atoms with van der Waals surface area (Å²) in [5.74, 6) is 0. The number of benzene rings is 1. The molecule has 106 valence electrons. The van der Waals surface area contributed by atoms with E-state index in [1.165, 1.54) is 0 Å². The number of nitrogens with two attached hydrogens (primary N) is 1. The summed E-state index contributed by atoms with van der Waals surface area (Å²) < 4.78 is 27.4. The van der Waals surface area contributed by atoms with Crippen molar-refractivity contribution in [1.29, 1.82) is 0 Å². The summed E-state index contributed by atoms with van der Waals surface area (Å²) in [6.45, 7) is 3.73. The molecule has 0 saturated carbocycles. The van der Waals surface area contributed by atoms with Crippen molar-refractivity contribution in [3.8, 4) is 0 Å². The fourth-order valence-electron chi connectivity index (χ4n) is 1.91. The number of pyridine rings is 1. The maximum absolute atomic E-state index is 12.4. The molecular formula is C14H17N3O2S. The van der Waals surface area contributed by atoms with E-state index in [0.717, 1.165) is 11.1 Å². The maximum Gasteiger partial charge on any atom is 0.243 e. The minimum atomic E-state index is -3.64.